The van der Waals surface area contributed by atoms with Crippen molar-refractivity contribution in [2.45, 2.75) is 88.9 Å². The second kappa shape index (κ2) is 9.49. The van der Waals surface area contributed by atoms with Crippen molar-refractivity contribution in [3.63, 3.8) is 0 Å². The molecule has 0 aliphatic rings. The van der Waals surface area contributed by atoms with Crippen molar-refractivity contribution in [1.29, 1.82) is 0 Å². The summed E-state index contributed by atoms with van der Waals surface area (Å²) in [6.07, 6.45) is 0. The third-order valence-corrected chi connectivity index (χ3v) is 7.35. The van der Waals surface area contributed by atoms with E-state index in [1.54, 1.807) is 21.6 Å². The zero-order valence-corrected chi connectivity index (χ0v) is 20.0. The van der Waals surface area contributed by atoms with Crippen LogP contribution in [-0.4, -0.2) is 10.2 Å². The van der Waals surface area contributed by atoms with Crippen molar-refractivity contribution in [3.8, 4) is 11.5 Å². The molecule has 0 bridgehead atoms. The van der Waals surface area contributed by atoms with Crippen molar-refractivity contribution < 1.29 is 10.2 Å². The van der Waals surface area contributed by atoms with Gasteiger partial charge in [-0.3, -0.25) is 0 Å². The summed E-state index contributed by atoms with van der Waals surface area (Å²) in [6, 6.07) is 8.43. The Morgan fingerprint density at radius 1 is 0.500 bits per heavy atom. The van der Waals surface area contributed by atoms with Crippen LogP contribution in [0.4, 0.5) is 0 Å². The van der Waals surface area contributed by atoms with Gasteiger partial charge in [0.15, 0.2) is 0 Å². The number of aromatic hydroxyl groups is 2. The first-order valence-electron chi connectivity index (χ1n) is 10.1. The predicted molar refractivity (Wildman–Crippen MR) is 124 cm³/mol. The van der Waals surface area contributed by atoms with Gasteiger partial charge in [0.2, 0.25) is 0 Å². The fraction of sp³-hybridized carbons (Fsp3) is 0.500. The maximum absolute atomic E-state index is 10.6. The Balaban J connectivity index is 2.38. The van der Waals surface area contributed by atoms with Crippen LogP contribution in [0.15, 0.2) is 34.1 Å². The molecule has 0 atom stereocenters. The van der Waals surface area contributed by atoms with Gasteiger partial charge in [-0.25, -0.2) is 0 Å². The van der Waals surface area contributed by atoms with Gasteiger partial charge < -0.3 is 10.2 Å². The zero-order valence-electron chi connectivity index (χ0n) is 18.3. The highest BCUT2D eigenvalue weighted by Gasteiger charge is 2.18. The third kappa shape index (κ3) is 5.21. The van der Waals surface area contributed by atoms with Crippen LogP contribution in [0.25, 0.3) is 0 Å². The fourth-order valence-corrected chi connectivity index (χ4v) is 5.30. The lowest BCUT2D eigenvalue weighted by Crippen LogP contribution is -1.97. The maximum Gasteiger partial charge on any atom is 0.122 e. The lowest BCUT2D eigenvalue weighted by Gasteiger charge is -2.18. The number of hydrogen-bond acceptors (Lipinski definition) is 4. The Kier molecular flexibility index (Phi) is 7.81. The number of hydrogen-bond donors (Lipinski definition) is 2. The van der Waals surface area contributed by atoms with Crippen LogP contribution in [-0.2, 0) is 0 Å². The number of phenols is 2. The number of benzene rings is 2. The highest BCUT2D eigenvalue weighted by atomic mass is 33.1. The lowest BCUT2D eigenvalue weighted by atomic mass is 9.94. The smallest absolute Gasteiger partial charge is 0.122 e. The molecule has 2 aromatic carbocycles. The van der Waals surface area contributed by atoms with Crippen LogP contribution in [0.3, 0.4) is 0 Å². The number of phenolic OH excluding ortho intramolecular Hbond substituents is 2. The van der Waals surface area contributed by atoms with Crippen LogP contribution < -0.4 is 0 Å². The lowest BCUT2D eigenvalue weighted by molar-refractivity contribution is 0.453. The van der Waals surface area contributed by atoms with Gasteiger partial charge in [-0.15, -0.1) is 0 Å². The highest BCUT2D eigenvalue weighted by molar-refractivity contribution is 8.76. The van der Waals surface area contributed by atoms with E-state index < -0.39 is 0 Å². The largest absolute Gasteiger partial charge is 0.507 e. The topological polar surface area (TPSA) is 40.5 Å². The molecule has 2 N–H and O–H groups in total. The summed E-state index contributed by atoms with van der Waals surface area (Å²) < 4.78 is 0. The molecule has 4 heteroatoms. The van der Waals surface area contributed by atoms with Gasteiger partial charge in [0.1, 0.15) is 11.5 Å². The molecule has 0 aliphatic carbocycles. The van der Waals surface area contributed by atoms with E-state index >= 15 is 0 Å². The van der Waals surface area contributed by atoms with Gasteiger partial charge in [-0.05, 0) is 70.2 Å². The monoisotopic (exact) mass is 418 g/mol. The predicted octanol–water partition coefficient (Wildman–Crippen LogP) is 8.39. The van der Waals surface area contributed by atoms with Gasteiger partial charge >= 0.3 is 0 Å². The maximum atomic E-state index is 10.6. The van der Waals surface area contributed by atoms with Crippen LogP contribution in [0.2, 0.25) is 0 Å². The van der Waals surface area contributed by atoms with Crippen LogP contribution in [0.1, 0.15) is 101 Å². The first-order chi connectivity index (χ1) is 13.0. The summed E-state index contributed by atoms with van der Waals surface area (Å²) in [5.41, 5.74) is 4.02. The molecule has 0 spiro atoms. The summed E-state index contributed by atoms with van der Waals surface area (Å²) in [4.78, 5) is 2.31. The summed E-state index contributed by atoms with van der Waals surface area (Å²) in [5.74, 6) is 1.98. The van der Waals surface area contributed by atoms with Crippen molar-refractivity contribution in [3.05, 3.63) is 46.5 Å². The highest BCUT2D eigenvalue weighted by Crippen LogP contribution is 2.45. The molecule has 0 aromatic heterocycles. The Morgan fingerprint density at radius 3 is 0.893 bits per heavy atom. The summed E-state index contributed by atoms with van der Waals surface area (Å²) in [7, 11) is 3.43. The van der Waals surface area contributed by atoms with Crippen molar-refractivity contribution >= 4 is 21.6 Å². The molecule has 154 valence electrons. The average molecular weight is 419 g/mol. The van der Waals surface area contributed by atoms with Gasteiger partial charge in [0.05, 0.1) is 0 Å². The Labute approximate surface area is 178 Å². The second-order valence-corrected chi connectivity index (χ2v) is 11.0. The van der Waals surface area contributed by atoms with Gasteiger partial charge in [0.25, 0.3) is 0 Å². The molecule has 28 heavy (non-hydrogen) atoms. The quantitative estimate of drug-likeness (QED) is 0.443. The summed E-state index contributed by atoms with van der Waals surface area (Å²) in [6.45, 7) is 16.9. The van der Waals surface area contributed by atoms with Gasteiger partial charge in [-0.1, -0.05) is 77.0 Å². The molecular weight excluding hydrogens is 384 g/mol. The third-order valence-electron chi connectivity index (χ3n) is 5.01. The normalized spacial score (nSPS) is 12.0. The van der Waals surface area contributed by atoms with E-state index in [1.165, 1.54) is 0 Å². The Morgan fingerprint density at radius 2 is 0.714 bits per heavy atom. The fourth-order valence-electron chi connectivity index (χ4n) is 3.26. The molecule has 0 saturated heterocycles. The first kappa shape index (κ1) is 23.0. The van der Waals surface area contributed by atoms with E-state index in [1.807, 2.05) is 0 Å². The molecule has 2 rings (SSSR count). The van der Waals surface area contributed by atoms with E-state index in [4.69, 9.17) is 0 Å². The van der Waals surface area contributed by atoms with Crippen molar-refractivity contribution in [2.75, 3.05) is 0 Å². The molecular formula is C24H34O2S2. The molecule has 0 aliphatic heterocycles. The van der Waals surface area contributed by atoms with E-state index in [2.05, 4.69) is 79.7 Å². The van der Waals surface area contributed by atoms with Crippen LogP contribution >= 0.6 is 21.6 Å². The Bertz CT molecular complexity index is 696. The average Bonchev–Trinajstić information content (AvgIpc) is 2.60. The molecule has 0 amide bonds. The number of rotatable bonds is 7. The molecule has 2 aromatic rings. The van der Waals surface area contributed by atoms with E-state index in [0.717, 1.165) is 32.0 Å². The zero-order chi connectivity index (χ0) is 21.2. The minimum absolute atomic E-state index is 0.275. The molecule has 0 radical (unpaired) electrons. The molecule has 0 heterocycles. The standard InChI is InChI=1S/C24H34O2S2/c1-13(2)19-9-17(10-20(14(3)4)23(19)25)27-28-18-11-21(15(5)6)24(26)22(12-18)16(7)8/h9-16,25-26H,1-8H3. The minimum Gasteiger partial charge on any atom is -0.507 e. The van der Waals surface area contributed by atoms with Gasteiger partial charge in [0, 0.05) is 9.79 Å². The van der Waals surface area contributed by atoms with E-state index in [0.29, 0.717) is 11.5 Å². The molecule has 2 nitrogen and oxygen atoms in total. The van der Waals surface area contributed by atoms with Crippen LogP contribution in [0.5, 0.6) is 11.5 Å². The second-order valence-electron chi connectivity index (χ2n) is 8.69. The minimum atomic E-state index is 0.275. The van der Waals surface area contributed by atoms with Crippen molar-refractivity contribution in [1.82, 2.24) is 0 Å². The molecule has 0 unspecified atom stereocenters. The van der Waals surface area contributed by atoms with Crippen LogP contribution in [0, 0.1) is 0 Å². The van der Waals surface area contributed by atoms with E-state index in [-0.39, 0.29) is 23.7 Å². The molecule has 0 saturated carbocycles. The molecule has 0 fully saturated rings. The van der Waals surface area contributed by atoms with E-state index in [9.17, 15) is 10.2 Å². The summed E-state index contributed by atoms with van der Waals surface area (Å²) in [5, 5.41) is 21.2. The first-order valence-corrected chi connectivity index (χ1v) is 12.3. The summed E-state index contributed by atoms with van der Waals surface area (Å²) >= 11 is 0. The van der Waals surface area contributed by atoms with Gasteiger partial charge in [-0.2, -0.15) is 0 Å². The SMILES string of the molecule is CC(C)c1cc(SSc2cc(C(C)C)c(O)c(C(C)C)c2)cc(C(C)C)c1O. The Hall–Kier alpha value is -1.26. The van der Waals surface area contributed by atoms with Crippen molar-refractivity contribution in [2.24, 2.45) is 0 Å².